The number of nitrogens with zero attached hydrogens (tertiary/aromatic N) is 1. The SMILES string of the molecule is CCCCC(C)(CCC)CC1CN(C(C)(CCC)CCCC)C1. The number of unbranched alkanes of at least 4 members (excludes halogenated alkanes) is 2. The van der Waals surface area contributed by atoms with Crippen LogP contribution in [-0.4, -0.2) is 23.5 Å². The van der Waals surface area contributed by atoms with Gasteiger partial charge >= 0.3 is 0 Å². The predicted octanol–water partition coefficient (Wildman–Crippen LogP) is 7.05. The second-order valence-corrected chi connectivity index (χ2v) is 8.99. The van der Waals surface area contributed by atoms with Gasteiger partial charge in [-0.1, -0.05) is 73.1 Å². The Labute approximate surface area is 147 Å². The fraction of sp³-hybridized carbons (Fsp3) is 1.00. The quantitative estimate of drug-likeness (QED) is 0.351. The van der Waals surface area contributed by atoms with Gasteiger partial charge in [0.1, 0.15) is 0 Å². The summed E-state index contributed by atoms with van der Waals surface area (Å²) < 4.78 is 0. The van der Waals surface area contributed by atoms with Crippen molar-refractivity contribution in [3.8, 4) is 0 Å². The molecule has 0 aliphatic carbocycles. The van der Waals surface area contributed by atoms with Crippen LogP contribution in [0.15, 0.2) is 0 Å². The number of likely N-dealkylation sites (tertiary alicyclic amines) is 1. The average Bonchev–Trinajstić information content (AvgIpc) is 2.47. The first kappa shape index (κ1) is 21.0. The van der Waals surface area contributed by atoms with Gasteiger partial charge in [-0.25, -0.2) is 0 Å². The molecule has 0 spiro atoms. The van der Waals surface area contributed by atoms with Crippen LogP contribution in [0, 0.1) is 11.3 Å². The Morgan fingerprint density at radius 1 is 0.739 bits per heavy atom. The first-order chi connectivity index (χ1) is 10.9. The summed E-state index contributed by atoms with van der Waals surface area (Å²) in [4.78, 5) is 2.82. The fourth-order valence-corrected chi connectivity index (χ4v) is 4.91. The topological polar surface area (TPSA) is 3.24 Å². The summed E-state index contributed by atoms with van der Waals surface area (Å²) in [5, 5.41) is 0. The van der Waals surface area contributed by atoms with Crippen molar-refractivity contribution in [1.82, 2.24) is 4.90 Å². The lowest BCUT2D eigenvalue weighted by atomic mass is 9.71. The van der Waals surface area contributed by atoms with Crippen LogP contribution in [0.5, 0.6) is 0 Å². The van der Waals surface area contributed by atoms with Crippen molar-refractivity contribution in [1.29, 1.82) is 0 Å². The van der Waals surface area contributed by atoms with Crippen LogP contribution in [0.25, 0.3) is 0 Å². The summed E-state index contributed by atoms with van der Waals surface area (Å²) in [5.41, 5.74) is 1.08. The molecule has 0 aromatic rings. The molecule has 0 saturated carbocycles. The van der Waals surface area contributed by atoms with Gasteiger partial charge in [0.2, 0.25) is 0 Å². The van der Waals surface area contributed by atoms with E-state index in [0.29, 0.717) is 11.0 Å². The maximum atomic E-state index is 2.82. The van der Waals surface area contributed by atoms with Gasteiger partial charge in [0.25, 0.3) is 0 Å². The van der Waals surface area contributed by atoms with Gasteiger partial charge in [0, 0.05) is 18.6 Å². The standard InChI is InChI=1S/C22H45N/c1-7-11-15-21(5,13-9-3)17-20-18-23(19-20)22(6,14-10-4)16-12-8-2/h20H,7-19H2,1-6H3. The van der Waals surface area contributed by atoms with E-state index in [1.807, 2.05) is 0 Å². The Morgan fingerprint density at radius 2 is 1.30 bits per heavy atom. The van der Waals surface area contributed by atoms with Crippen molar-refractivity contribution < 1.29 is 0 Å². The molecule has 1 saturated heterocycles. The largest absolute Gasteiger partial charge is 0.297 e. The lowest BCUT2D eigenvalue weighted by molar-refractivity contribution is -0.0361. The monoisotopic (exact) mass is 323 g/mol. The molecule has 23 heavy (non-hydrogen) atoms. The Hall–Kier alpha value is -0.0400. The summed E-state index contributed by atoms with van der Waals surface area (Å²) in [6, 6.07) is 0. The minimum Gasteiger partial charge on any atom is -0.297 e. The molecular weight excluding hydrogens is 278 g/mol. The second kappa shape index (κ2) is 10.1. The van der Waals surface area contributed by atoms with Crippen LogP contribution in [0.2, 0.25) is 0 Å². The molecule has 0 bridgehead atoms. The van der Waals surface area contributed by atoms with E-state index in [1.165, 1.54) is 83.7 Å². The molecule has 1 nitrogen and oxygen atoms in total. The van der Waals surface area contributed by atoms with E-state index in [2.05, 4.69) is 46.4 Å². The van der Waals surface area contributed by atoms with E-state index in [4.69, 9.17) is 0 Å². The average molecular weight is 324 g/mol. The highest BCUT2D eigenvalue weighted by Crippen LogP contribution is 2.42. The van der Waals surface area contributed by atoms with E-state index >= 15 is 0 Å². The molecule has 0 amide bonds. The summed E-state index contributed by atoms with van der Waals surface area (Å²) in [5.74, 6) is 0.959. The molecule has 1 heteroatoms. The van der Waals surface area contributed by atoms with Gasteiger partial charge < -0.3 is 0 Å². The molecule has 0 aromatic carbocycles. The number of rotatable bonds is 13. The molecule has 0 N–H and O–H groups in total. The molecule has 1 aliphatic heterocycles. The molecule has 0 aromatic heterocycles. The fourth-order valence-electron chi connectivity index (χ4n) is 4.91. The lowest BCUT2D eigenvalue weighted by Crippen LogP contribution is -2.59. The van der Waals surface area contributed by atoms with E-state index in [0.717, 1.165) is 5.92 Å². The van der Waals surface area contributed by atoms with Crippen molar-refractivity contribution in [3.05, 3.63) is 0 Å². The van der Waals surface area contributed by atoms with E-state index in [9.17, 15) is 0 Å². The Morgan fingerprint density at radius 3 is 1.83 bits per heavy atom. The van der Waals surface area contributed by atoms with Crippen LogP contribution in [0.4, 0.5) is 0 Å². The first-order valence-corrected chi connectivity index (χ1v) is 10.7. The highest BCUT2D eigenvalue weighted by atomic mass is 15.2. The van der Waals surface area contributed by atoms with E-state index in [1.54, 1.807) is 0 Å². The molecular formula is C22H45N. The van der Waals surface area contributed by atoms with Gasteiger partial charge in [-0.05, 0) is 50.4 Å². The molecule has 1 rings (SSSR count). The van der Waals surface area contributed by atoms with Crippen LogP contribution in [-0.2, 0) is 0 Å². The number of hydrogen-bond acceptors (Lipinski definition) is 1. The first-order valence-electron chi connectivity index (χ1n) is 10.7. The van der Waals surface area contributed by atoms with Crippen molar-refractivity contribution in [2.24, 2.45) is 11.3 Å². The third-order valence-corrected chi connectivity index (χ3v) is 6.35. The summed E-state index contributed by atoms with van der Waals surface area (Å²) in [7, 11) is 0. The third-order valence-electron chi connectivity index (χ3n) is 6.35. The molecule has 2 atom stereocenters. The predicted molar refractivity (Wildman–Crippen MR) is 105 cm³/mol. The van der Waals surface area contributed by atoms with Gasteiger partial charge in [0.15, 0.2) is 0 Å². The summed E-state index contributed by atoms with van der Waals surface area (Å²) >= 11 is 0. The zero-order valence-electron chi connectivity index (χ0n) is 17.2. The molecule has 0 radical (unpaired) electrons. The van der Waals surface area contributed by atoms with E-state index in [-0.39, 0.29) is 0 Å². The highest BCUT2D eigenvalue weighted by Gasteiger charge is 2.41. The lowest BCUT2D eigenvalue weighted by Gasteiger charge is -2.53. The smallest absolute Gasteiger partial charge is 0.0181 e. The second-order valence-electron chi connectivity index (χ2n) is 8.99. The van der Waals surface area contributed by atoms with Gasteiger partial charge in [0.05, 0.1) is 0 Å². The minimum absolute atomic E-state index is 0.478. The molecule has 2 unspecified atom stereocenters. The van der Waals surface area contributed by atoms with Crippen LogP contribution < -0.4 is 0 Å². The Balaban J connectivity index is 2.51. The van der Waals surface area contributed by atoms with Crippen molar-refractivity contribution in [2.45, 2.75) is 118 Å². The van der Waals surface area contributed by atoms with Gasteiger partial charge in [-0.15, -0.1) is 0 Å². The highest BCUT2D eigenvalue weighted by molar-refractivity contribution is 4.95. The maximum absolute atomic E-state index is 2.82. The normalized spacial score (nSPS) is 21.7. The van der Waals surface area contributed by atoms with Gasteiger partial charge in [-0.2, -0.15) is 0 Å². The van der Waals surface area contributed by atoms with Crippen molar-refractivity contribution in [2.75, 3.05) is 13.1 Å². The molecule has 1 fully saturated rings. The molecule has 1 aliphatic rings. The van der Waals surface area contributed by atoms with Crippen LogP contribution in [0.1, 0.15) is 112 Å². The maximum Gasteiger partial charge on any atom is 0.0181 e. The van der Waals surface area contributed by atoms with Crippen LogP contribution in [0.3, 0.4) is 0 Å². The Kier molecular flexibility index (Phi) is 9.19. The third kappa shape index (κ3) is 6.40. The minimum atomic E-state index is 0.478. The van der Waals surface area contributed by atoms with Crippen LogP contribution >= 0.6 is 0 Å². The molecule has 1 heterocycles. The Bertz CT molecular complexity index is 307. The molecule has 138 valence electrons. The zero-order valence-corrected chi connectivity index (χ0v) is 17.2. The van der Waals surface area contributed by atoms with Crippen molar-refractivity contribution >= 4 is 0 Å². The van der Waals surface area contributed by atoms with E-state index < -0.39 is 0 Å². The van der Waals surface area contributed by atoms with Crippen molar-refractivity contribution in [3.63, 3.8) is 0 Å². The summed E-state index contributed by atoms with van der Waals surface area (Å²) in [6.07, 6.45) is 15.3. The zero-order chi connectivity index (χ0) is 17.3. The van der Waals surface area contributed by atoms with Gasteiger partial charge in [-0.3, -0.25) is 4.90 Å². The number of hydrogen-bond donors (Lipinski definition) is 0. The summed E-state index contributed by atoms with van der Waals surface area (Å²) in [6.45, 7) is 17.2.